The SMILES string of the molecule is CCc1cc(Br)ccc1NS(=O)(=O)NC(C)C. The van der Waals surface area contributed by atoms with Gasteiger partial charge >= 0.3 is 0 Å². The van der Waals surface area contributed by atoms with Crippen LogP contribution in [-0.2, 0) is 16.6 Å². The van der Waals surface area contributed by atoms with Crippen molar-refractivity contribution in [1.29, 1.82) is 0 Å². The fraction of sp³-hybridized carbons (Fsp3) is 0.455. The van der Waals surface area contributed by atoms with Crippen molar-refractivity contribution in [2.45, 2.75) is 33.2 Å². The summed E-state index contributed by atoms with van der Waals surface area (Å²) in [5.74, 6) is 0. The molecule has 0 unspecified atom stereocenters. The van der Waals surface area contributed by atoms with Crippen LogP contribution >= 0.6 is 15.9 Å². The summed E-state index contributed by atoms with van der Waals surface area (Å²) in [6, 6.07) is 5.34. The number of nitrogens with one attached hydrogen (secondary N) is 2. The van der Waals surface area contributed by atoms with Gasteiger partial charge in [-0.3, -0.25) is 4.72 Å². The average molecular weight is 321 g/mol. The number of hydrogen-bond acceptors (Lipinski definition) is 2. The van der Waals surface area contributed by atoms with E-state index in [0.29, 0.717) is 5.69 Å². The van der Waals surface area contributed by atoms with Crippen LogP contribution in [0.4, 0.5) is 5.69 Å². The summed E-state index contributed by atoms with van der Waals surface area (Å²) < 4.78 is 29.4. The summed E-state index contributed by atoms with van der Waals surface area (Å²) in [6.45, 7) is 5.54. The van der Waals surface area contributed by atoms with E-state index in [1.165, 1.54) is 0 Å². The molecule has 0 saturated heterocycles. The van der Waals surface area contributed by atoms with Crippen molar-refractivity contribution in [1.82, 2.24) is 4.72 Å². The highest BCUT2D eigenvalue weighted by atomic mass is 79.9. The lowest BCUT2D eigenvalue weighted by atomic mass is 10.1. The van der Waals surface area contributed by atoms with E-state index >= 15 is 0 Å². The minimum absolute atomic E-state index is 0.131. The first-order valence-corrected chi connectivity index (χ1v) is 7.70. The fourth-order valence-corrected chi connectivity index (χ4v) is 3.02. The molecule has 0 aliphatic heterocycles. The number of halogens is 1. The Labute approximate surface area is 111 Å². The van der Waals surface area contributed by atoms with E-state index in [1.54, 1.807) is 19.9 Å². The van der Waals surface area contributed by atoms with Gasteiger partial charge in [-0.15, -0.1) is 0 Å². The van der Waals surface area contributed by atoms with Crippen molar-refractivity contribution in [2.24, 2.45) is 0 Å². The molecule has 0 spiro atoms. The third-order valence-electron chi connectivity index (χ3n) is 2.08. The summed E-state index contributed by atoms with van der Waals surface area (Å²) in [5, 5.41) is 0. The first kappa shape index (κ1) is 14.5. The Hall–Kier alpha value is -0.590. The second-order valence-corrected chi connectivity index (χ2v) is 6.40. The molecule has 17 heavy (non-hydrogen) atoms. The molecule has 2 N–H and O–H groups in total. The van der Waals surface area contributed by atoms with Crippen LogP contribution in [0.3, 0.4) is 0 Å². The van der Waals surface area contributed by atoms with Crippen molar-refractivity contribution in [3.63, 3.8) is 0 Å². The van der Waals surface area contributed by atoms with Crippen LogP contribution in [0, 0.1) is 0 Å². The Balaban J connectivity index is 2.95. The van der Waals surface area contributed by atoms with Gasteiger partial charge in [-0.2, -0.15) is 13.1 Å². The Morgan fingerprint density at radius 2 is 2.00 bits per heavy atom. The third kappa shape index (κ3) is 4.65. The van der Waals surface area contributed by atoms with Crippen molar-refractivity contribution < 1.29 is 8.42 Å². The number of benzene rings is 1. The molecule has 1 aromatic carbocycles. The number of anilines is 1. The Kier molecular flexibility index (Phi) is 4.97. The molecule has 0 amide bonds. The first-order valence-electron chi connectivity index (χ1n) is 5.42. The summed E-state index contributed by atoms with van der Waals surface area (Å²) in [5.41, 5.74) is 1.57. The molecular weight excluding hydrogens is 304 g/mol. The van der Waals surface area contributed by atoms with Gasteiger partial charge in [-0.25, -0.2) is 0 Å². The van der Waals surface area contributed by atoms with Gasteiger partial charge in [-0.05, 0) is 44.0 Å². The highest BCUT2D eigenvalue weighted by Crippen LogP contribution is 2.22. The van der Waals surface area contributed by atoms with Gasteiger partial charge in [-0.1, -0.05) is 22.9 Å². The van der Waals surface area contributed by atoms with Crippen LogP contribution in [0.2, 0.25) is 0 Å². The van der Waals surface area contributed by atoms with Crippen LogP contribution in [-0.4, -0.2) is 14.5 Å². The molecule has 0 aliphatic rings. The van der Waals surface area contributed by atoms with E-state index in [9.17, 15) is 8.42 Å². The van der Waals surface area contributed by atoms with Crippen LogP contribution < -0.4 is 9.44 Å². The minimum Gasteiger partial charge on any atom is -0.271 e. The number of hydrogen-bond donors (Lipinski definition) is 2. The molecule has 1 rings (SSSR count). The van der Waals surface area contributed by atoms with Crippen LogP contribution in [0.5, 0.6) is 0 Å². The molecule has 0 radical (unpaired) electrons. The smallest absolute Gasteiger partial charge is 0.271 e. The topological polar surface area (TPSA) is 58.2 Å². The molecule has 0 bridgehead atoms. The van der Waals surface area contributed by atoms with Crippen LogP contribution in [0.25, 0.3) is 0 Å². The minimum atomic E-state index is -3.49. The predicted octanol–water partition coefficient (Wildman–Crippen LogP) is 2.67. The van der Waals surface area contributed by atoms with E-state index < -0.39 is 10.2 Å². The summed E-state index contributed by atoms with van der Waals surface area (Å²) in [6.07, 6.45) is 0.763. The summed E-state index contributed by atoms with van der Waals surface area (Å²) in [4.78, 5) is 0. The van der Waals surface area contributed by atoms with Gasteiger partial charge in [0.2, 0.25) is 0 Å². The van der Waals surface area contributed by atoms with E-state index in [1.807, 2.05) is 19.1 Å². The lowest BCUT2D eigenvalue weighted by Gasteiger charge is -2.14. The lowest BCUT2D eigenvalue weighted by Crippen LogP contribution is -2.35. The second kappa shape index (κ2) is 5.84. The van der Waals surface area contributed by atoms with Crippen molar-refractivity contribution in [2.75, 3.05) is 4.72 Å². The maximum absolute atomic E-state index is 11.7. The molecule has 0 aromatic heterocycles. The van der Waals surface area contributed by atoms with E-state index in [4.69, 9.17) is 0 Å². The Morgan fingerprint density at radius 1 is 1.35 bits per heavy atom. The highest BCUT2D eigenvalue weighted by molar-refractivity contribution is 9.10. The molecule has 0 aliphatic carbocycles. The lowest BCUT2D eigenvalue weighted by molar-refractivity contribution is 0.575. The summed E-state index contributed by atoms with van der Waals surface area (Å²) >= 11 is 3.36. The zero-order valence-corrected chi connectivity index (χ0v) is 12.5. The van der Waals surface area contributed by atoms with Gasteiger partial charge in [0, 0.05) is 10.5 Å². The van der Waals surface area contributed by atoms with Crippen LogP contribution in [0.15, 0.2) is 22.7 Å². The van der Waals surface area contributed by atoms with Gasteiger partial charge in [0.25, 0.3) is 10.2 Å². The van der Waals surface area contributed by atoms with Crippen LogP contribution in [0.1, 0.15) is 26.3 Å². The molecule has 4 nitrogen and oxygen atoms in total. The largest absolute Gasteiger partial charge is 0.299 e. The Bertz CT molecular complexity index is 486. The van der Waals surface area contributed by atoms with Crippen molar-refractivity contribution >= 4 is 31.8 Å². The predicted molar refractivity (Wildman–Crippen MR) is 74.3 cm³/mol. The van der Waals surface area contributed by atoms with Gasteiger partial charge in [0.1, 0.15) is 0 Å². The van der Waals surface area contributed by atoms with Gasteiger partial charge < -0.3 is 0 Å². The zero-order chi connectivity index (χ0) is 13.1. The van der Waals surface area contributed by atoms with Gasteiger partial charge in [0.05, 0.1) is 5.69 Å². The second-order valence-electron chi connectivity index (χ2n) is 4.03. The standard InChI is InChI=1S/C11H17BrN2O2S/c1-4-9-7-10(12)5-6-11(9)14-17(15,16)13-8(2)3/h5-8,13-14H,4H2,1-3H3. The third-order valence-corrected chi connectivity index (χ3v) is 3.85. The molecular formula is C11H17BrN2O2S. The molecule has 0 atom stereocenters. The van der Waals surface area contributed by atoms with Crippen molar-refractivity contribution in [3.05, 3.63) is 28.2 Å². The van der Waals surface area contributed by atoms with E-state index in [0.717, 1.165) is 16.5 Å². The van der Waals surface area contributed by atoms with Crippen molar-refractivity contribution in [3.8, 4) is 0 Å². The monoisotopic (exact) mass is 320 g/mol. The normalized spacial score (nSPS) is 11.8. The Morgan fingerprint density at radius 3 is 2.53 bits per heavy atom. The molecule has 0 fully saturated rings. The summed E-state index contributed by atoms with van der Waals surface area (Å²) in [7, 11) is -3.49. The molecule has 0 heterocycles. The molecule has 6 heteroatoms. The fourth-order valence-electron chi connectivity index (χ4n) is 1.44. The maximum atomic E-state index is 11.7. The van der Waals surface area contributed by atoms with Gasteiger partial charge in [0.15, 0.2) is 0 Å². The number of rotatable bonds is 5. The highest BCUT2D eigenvalue weighted by Gasteiger charge is 2.13. The number of aryl methyl sites for hydroxylation is 1. The quantitative estimate of drug-likeness (QED) is 0.876. The maximum Gasteiger partial charge on any atom is 0.299 e. The zero-order valence-electron chi connectivity index (χ0n) is 10.1. The molecule has 1 aromatic rings. The van der Waals surface area contributed by atoms with E-state index in [2.05, 4.69) is 25.4 Å². The average Bonchev–Trinajstić information content (AvgIpc) is 2.18. The van der Waals surface area contributed by atoms with E-state index in [-0.39, 0.29) is 6.04 Å². The molecule has 96 valence electrons. The first-order chi connectivity index (χ1) is 7.84. The molecule has 0 saturated carbocycles.